The van der Waals surface area contributed by atoms with E-state index in [4.69, 9.17) is 28.2 Å². The molecule has 1 N–H and O–H groups in total. The number of nitrogens with zero attached hydrogens (tertiary/aromatic N) is 5. The maximum atomic E-state index is 12.9. The highest BCUT2D eigenvalue weighted by atomic mass is 35.5. The van der Waals surface area contributed by atoms with Crippen molar-refractivity contribution in [1.29, 1.82) is 0 Å². The van der Waals surface area contributed by atoms with Gasteiger partial charge in [0, 0.05) is 55.4 Å². The summed E-state index contributed by atoms with van der Waals surface area (Å²) in [6, 6.07) is 15.7. The summed E-state index contributed by atoms with van der Waals surface area (Å²) < 4.78 is 3.17. The first-order chi connectivity index (χ1) is 16.4. The number of aryl methyl sites for hydroxylation is 1. The molecule has 5 rings (SSSR count). The maximum Gasteiger partial charge on any atom is 0.329 e. The minimum Gasteiger partial charge on any atom is -0.340 e. The number of anilines is 1. The molecular weight excluding hydrogens is 475 g/mol. The van der Waals surface area contributed by atoms with Crippen LogP contribution in [0.2, 0.25) is 10.0 Å². The van der Waals surface area contributed by atoms with Gasteiger partial charge in [-0.05, 0) is 17.7 Å². The molecule has 1 aliphatic heterocycles. The van der Waals surface area contributed by atoms with Crippen molar-refractivity contribution in [2.75, 3.05) is 31.1 Å². The average Bonchev–Trinajstić information content (AvgIpc) is 3.21. The normalized spacial score (nSPS) is 14.7. The van der Waals surface area contributed by atoms with Gasteiger partial charge in [0.1, 0.15) is 0 Å². The number of imidazole rings is 1. The molecule has 0 saturated carbocycles. The summed E-state index contributed by atoms with van der Waals surface area (Å²) in [7, 11) is 1.60. The number of rotatable bonds is 5. The SMILES string of the molecule is Cn1c(=O)[nH]c(=O)c2c1nc(N1CCN(Cc3ccccc3)CC1)n2Cc1c(Cl)cccc1Cl. The summed E-state index contributed by atoms with van der Waals surface area (Å²) in [4.78, 5) is 36.8. The number of nitrogens with one attached hydrogen (secondary N) is 1. The van der Waals surface area contributed by atoms with Crippen LogP contribution in [0.4, 0.5) is 5.95 Å². The Morgan fingerprint density at radius 3 is 2.26 bits per heavy atom. The van der Waals surface area contributed by atoms with E-state index in [1.54, 1.807) is 25.2 Å². The quantitative estimate of drug-likeness (QED) is 0.457. The van der Waals surface area contributed by atoms with Gasteiger partial charge < -0.3 is 4.90 Å². The van der Waals surface area contributed by atoms with Crippen LogP contribution >= 0.6 is 23.2 Å². The summed E-state index contributed by atoms with van der Waals surface area (Å²) in [6.45, 7) is 4.31. The van der Waals surface area contributed by atoms with Crippen LogP contribution < -0.4 is 16.1 Å². The van der Waals surface area contributed by atoms with Crippen molar-refractivity contribution < 1.29 is 0 Å². The van der Waals surface area contributed by atoms with Gasteiger partial charge in [-0.15, -0.1) is 0 Å². The second-order valence-electron chi connectivity index (χ2n) is 8.44. The smallest absolute Gasteiger partial charge is 0.329 e. The van der Waals surface area contributed by atoms with Crippen molar-refractivity contribution in [3.05, 3.63) is 90.5 Å². The van der Waals surface area contributed by atoms with Crippen LogP contribution in [0.15, 0.2) is 58.1 Å². The van der Waals surface area contributed by atoms with Crippen LogP contribution in [0.25, 0.3) is 11.2 Å². The Balaban J connectivity index is 1.51. The molecule has 10 heteroatoms. The fraction of sp³-hybridized carbons (Fsp3) is 0.292. The number of aromatic amines is 1. The highest BCUT2D eigenvalue weighted by Crippen LogP contribution is 2.29. The number of halogens is 2. The molecule has 0 radical (unpaired) electrons. The minimum absolute atomic E-state index is 0.260. The Hall–Kier alpha value is -3.07. The van der Waals surface area contributed by atoms with E-state index in [0.29, 0.717) is 32.7 Å². The molecule has 1 saturated heterocycles. The lowest BCUT2D eigenvalue weighted by Gasteiger charge is -2.35. The number of H-pyrrole nitrogens is 1. The van der Waals surface area contributed by atoms with Crippen LogP contribution in [0.3, 0.4) is 0 Å². The number of benzene rings is 2. The van der Waals surface area contributed by atoms with Crippen molar-refractivity contribution >= 4 is 40.3 Å². The van der Waals surface area contributed by atoms with Crippen LogP contribution in [0.5, 0.6) is 0 Å². The lowest BCUT2D eigenvalue weighted by atomic mass is 10.2. The van der Waals surface area contributed by atoms with Gasteiger partial charge in [-0.1, -0.05) is 59.6 Å². The number of piperazine rings is 1. The van der Waals surface area contributed by atoms with Crippen molar-refractivity contribution in [3.63, 3.8) is 0 Å². The first-order valence-electron chi connectivity index (χ1n) is 11.1. The summed E-state index contributed by atoms with van der Waals surface area (Å²) in [5.41, 5.74) is 1.64. The zero-order valence-electron chi connectivity index (χ0n) is 18.7. The van der Waals surface area contributed by atoms with Gasteiger partial charge in [-0.25, -0.2) is 4.79 Å². The van der Waals surface area contributed by atoms with E-state index in [1.807, 2.05) is 10.6 Å². The van der Waals surface area contributed by atoms with Gasteiger partial charge in [0.15, 0.2) is 11.2 Å². The fourth-order valence-electron chi connectivity index (χ4n) is 4.40. The molecule has 0 amide bonds. The molecule has 0 unspecified atom stereocenters. The molecule has 1 fully saturated rings. The summed E-state index contributed by atoms with van der Waals surface area (Å²) in [6.07, 6.45) is 0. The molecule has 2 aromatic heterocycles. The molecule has 0 aliphatic carbocycles. The number of fused-ring (bicyclic) bond motifs is 1. The number of aromatic nitrogens is 4. The van der Waals surface area contributed by atoms with Gasteiger partial charge in [-0.3, -0.25) is 23.8 Å². The van der Waals surface area contributed by atoms with E-state index in [-0.39, 0.29) is 6.54 Å². The lowest BCUT2D eigenvalue weighted by molar-refractivity contribution is 0.248. The molecule has 176 valence electrons. The van der Waals surface area contributed by atoms with Gasteiger partial charge in [0.05, 0.1) is 6.54 Å². The van der Waals surface area contributed by atoms with Gasteiger partial charge in [0.25, 0.3) is 5.56 Å². The Kier molecular flexibility index (Phi) is 6.20. The van der Waals surface area contributed by atoms with Crippen LogP contribution in [0.1, 0.15) is 11.1 Å². The van der Waals surface area contributed by atoms with Crippen LogP contribution in [0, 0.1) is 0 Å². The third-order valence-corrected chi connectivity index (χ3v) is 6.98. The molecule has 0 spiro atoms. The molecule has 8 nitrogen and oxygen atoms in total. The van der Waals surface area contributed by atoms with E-state index in [0.717, 1.165) is 32.7 Å². The average molecular weight is 499 g/mol. The van der Waals surface area contributed by atoms with Crippen molar-refractivity contribution in [2.24, 2.45) is 7.05 Å². The number of hydrogen-bond acceptors (Lipinski definition) is 5. The third-order valence-electron chi connectivity index (χ3n) is 6.27. The van der Waals surface area contributed by atoms with E-state index in [1.165, 1.54) is 10.1 Å². The minimum atomic E-state index is -0.503. The van der Waals surface area contributed by atoms with E-state index in [2.05, 4.69) is 39.0 Å². The molecule has 0 bridgehead atoms. The summed E-state index contributed by atoms with van der Waals surface area (Å²) in [5.74, 6) is 0.622. The highest BCUT2D eigenvalue weighted by Gasteiger charge is 2.26. The predicted molar refractivity (Wildman–Crippen MR) is 135 cm³/mol. The number of hydrogen-bond donors (Lipinski definition) is 1. The molecule has 4 aromatic rings. The standard InChI is InChI=1S/C24H24Cl2N6O2/c1-29-21-20(22(33)28-24(29)34)32(15-17-18(25)8-5-9-19(17)26)23(27-21)31-12-10-30(11-13-31)14-16-6-3-2-4-7-16/h2-9H,10-15H2,1H3,(H,28,33,34). The zero-order chi connectivity index (χ0) is 23.8. The van der Waals surface area contributed by atoms with E-state index < -0.39 is 11.2 Å². The topological polar surface area (TPSA) is 79.2 Å². The van der Waals surface area contributed by atoms with Gasteiger partial charge in [-0.2, -0.15) is 4.98 Å². The van der Waals surface area contributed by atoms with E-state index in [9.17, 15) is 9.59 Å². The Bertz CT molecular complexity index is 1430. The molecule has 2 aromatic carbocycles. The Morgan fingerprint density at radius 2 is 1.59 bits per heavy atom. The van der Waals surface area contributed by atoms with Crippen molar-refractivity contribution in [3.8, 4) is 0 Å². The first-order valence-corrected chi connectivity index (χ1v) is 11.8. The maximum absolute atomic E-state index is 12.9. The van der Waals surface area contributed by atoms with Gasteiger partial charge in [0.2, 0.25) is 5.95 Å². The first kappa shape index (κ1) is 22.7. The summed E-state index contributed by atoms with van der Waals surface area (Å²) in [5, 5.41) is 1.02. The highest BCUT2D eigenvalue weighted by molar-refractivity contribution is 6.36. The zero-order valence-corrected chi connectivity index (χ0v) is 20.2. The predicted octanol–water partition coefficient (Wildman–Crippen LogP) is 3.10. The van der Waals surface area contributed by atoms with Crippen molar-refractivity contribution in [1.82, 2.24) is 24.0 Å². The Labute approximate surface area is 206 Å². The lowest BCUT2D eigenvalue weighted by Crippen LogP contribution is -2.47. The summed E-state index contributed by atoms with van der Waals surface area (Å²) >= 11 is 12.9. The van der Waals surface area contributed by atoms with Gasteiger partial charge >= 0.3 is 5.69 Å². The van der Waals surface area contributed by atoms with Crippen LogP contribution in [-0.2, 0) is 20.1 Å². The monoisotopic (exact) mass is 498 g/mol. The fourth-order valence-corrected chi connectivity index (χ4v) is 4.92. The van der Waals surface area contributed by atoms with Crippen LogP contribution in [-0.4, -0.2) is 50.2 Å². The largest absolute Gasteiger partial charge is 0.340 e. The molecule has 0 atom stereocenters. The Morgan fingerprint density at radius 1 is 0.912 bits per heavy atom. The van der Waals surface area contributed by atoms with Crippen molar-refractivity contribution in [2.45, 2.75) is 13.1 Å². The second-order valence-corrected chi connectivity index (χ2v) is 9.25. The second kappa shape index (κ2) is 9.29. The third kappa shape index (κ3) is 4.24. The van der Waals surface area contributed by atoms with E-state index >= 15 is 0 Å². The molecule has 34 heavy (non-hydrogen) atoms. The molecule has 1 aliphatic rings. The molecule has 3 heterocycles. The molecular formula is C24H24Cl2N6O2.